The largest absolute Gasteiger partial charge is 0.490 e. The maximum absolute atomic E-state index is 14.3. The van der Waals surface area contributed by atoms with Crippen LogP contribution >= 0.6 is 11.8 Å². The zero-order valence-electron chi connectivity index (χ0n) is 17.8. The molecule has 1 atom stereocenters. The summed E-state index contributed by atoms with van der Waals surface area (Å²) in [5.74, 6) is 3.59. The number of terminal acetylenes is 1. The Balaban J connectivity index is 1.63. The lowest BCUT2D eigenvalue weighted by molar-refractivity contribution is 0.363. The van der Waals surface area contributed by atoms with Crippen LogP contribution in [0.1, 0.15) is 30.9 Å². The van der Waals surface area contributed by atoms with Crippen LogP contribution in [0.4, 0.5) is 4.39 Å². The van der Waals surface area contributed by atoms with Crippen molar-refractivity contribution < 1.29 is 9.13 Å². The Hall–Kier alpha value is -2.96. The van der Waals surface area contributed by atoms with E-state index in [2.05, 4.69) is 19.4 Å². The Morgan fingerprint density at radius 3 is 2.52 bits per heavy atom. The average molecular weight is 431 g/mol. The average Bonchev–Trinajstić information content (AvgIpc) is 2.80. The Morgan fingerprint density at radius 2 is 1.84 bits per heavy atom. The predicted octanol–water partition coefficient (Wildman–Crippen LogP) is 7.46. The van der Waals surface area contributed by atoms with E-state index in [1.54, 1.807) is 12.1 Å². The van der Waals surface area contributed by atoms with Gasteiger partial charge >= 0.3 is 0 Å². The summed E-state index contributed by atoms with van der Waals surface area (Å²) < 4.78 is 19.8. The van der Waals surface area contributed by atoms with E-state index in [-0.39, 0.29) is 11.2 Å². The molecule has 31 heavy (non-hydrogen) atoms. The topological polar surface area (TPSA) is 9.23 Å². The first-order chi connectivity index (χ1) is 15.0. The summed E-state index contributed by atoms with van der Waals surface area (Å²) in [6.07, 6.45) is 10.2. The van der Waals surface area contributed by atoms with Crippen LogP contribution in [0.5, 0.6) is 5.75 Å². The van der Waals surface area contributed by atoms with Gasteiger partial charge in [0.15, 0.2) is 0 Å². The molecule has 0 aromatic heterocycles. The number of benzene rings is 3. The van der Waals surface area contributed by atoms with Crippen molar-refractivity contribution in [2.75, 3.05) is 6.61 Å². The van der Waals surface area contributed by atoms with Crippen molar-refractivity contribution in [3.8, 4) is 18.1 Å². The second-order valence-electron chi connectivity index (χ2n) is 7.63. The molecule has 1 unspecified atom stereocenters. The fourth-order valence-corrected chi connectivity index (χ4v) is 4.34. The van der Waals surface area contributed by atoms with E-state index in [0.717, 1.165) is 41.0 Å². The Labute approximate surface area is 189 Å². The summed E-state index contributed by atoms with van der Waals surface area (Å²) in [5, 5.41) is 0. The van der Waals surface area contributed by atoms with E-state index in [4.69, 9.17) is 11.2 Å². The van der Waals surface area contributed by atoms with Gasteiger partial charge in [-0.2, -0.15) is 0 Å². The smallest absolute Gasteiger partial charge is 0.137 e. The monoisotopic (exact) mass is 430 g/mol. The standard InChI is InChI=1S/C28H27FOS/c1-4-20-30-24-16-14-23(15-17-24)28(3,5-2)19-9-10-22-13-18-26(29)27(21-22)31-25-11-7-6-8-12-25/h2,4,6-8,11-18,21H,1,9-10,19-20H2,3H3. The third-order valence-corrected chi connectivity index (χ3v) is 6.33. The number of hydrogen-bond acceptors (Lipinski definition) is 2. The minimum atomic E-state index is -0.362. The molecule has 0 aliphatic heterocycles. The summed E-state index contributed by atoms with van der Waals surface area (Å²) in [6, 6.07) is 23.2. The lowest BCUT2D eigenvalue weighted by Gasteiger charge is -2.24. The van der Waals surface area contributed by atoms with Gasteiger partial charge in [-0.25, -0.2) is 4.39 Å². The van der Waals surface area contributed by atoms with E-state index >= 15 is 0 Å². The van der Waals surface area contributed by atoms with Crippen molar-refractivity contribution in [3.05, 3.63) is 102 Å². The quantitative estimate of drug-likeness (QED) is 0.244. The molecule has 3 aromatic rings. The van der Waals surface area contributed by atoms with Gasteiger partial charge in [-0.15, -0.1) is 6.42 Å². The molecule has 0 fully saturated rings. The third kappa shape index (κ3) is 6.26. The highest BCUT2D eigenvalue weighted by molar-refractivity contribution is 7.99. The Kier molecular flexibility index (Phi) is 7.98. The fraction of sp³-hybridized carbons (Fsp3) is 0.214. The normalized spacial score (nSPS) is 12.5. The van der Waals surface area contributed by atoms with Gasteiger partial charge in [-0.3, -0.25) is 0 Å². The highest BCUT2D eigenvalue weighted by Crippen LogP contribution is 2.33. The van der Waals surface area contributed by atoms with Crippen LogP contribution in [0.15, 0.2) is 95.2 Å². The molecule has 0 radical (unpaired) electrons. The minimum absolute atomic E-state index is 0.190. The zero-order valence-corrected chi connectivity index (χ0v) is 18.6. The maximum atomic E-state index is 14.3. The molecule has 3 aromatic carbocycles. The summed E-state index contributed by atoms with van der Waals surface area (Å²) in [5.41, 5.74) is 1.85. The van der Waals surface area contributed by atoms with Crippen LogP contribution in [0.3, 0.4) is 0 Å². The van der Waals surface area contributed by atoms with Crippen LogP contribution in [0.2, 0.25) is 0 Å². The second kappa shape index (κ2) is 10.9. The molecule has 0 spiro atoms. The maximum Gasteiger partial charge on any atom is 0.137 e. The van der Waals surface area contributed by atoms with Gasteiger partial charge in [0.2, 0.25) is 0 Å². The van der Waals surface area contributed by atoms with Crippen molar-refractivity contribution in [2.45, 2.75) is 41.4 Å². The van der Waals surface area contributed by atoms with Gasteiger partial charge in [-0.1, -0.05) is 66.7 Å². The van der Waals surface area contributed by atoms with E-state index in [1.165, 1.54) is 11.8 Å². The van der Waals surface area contributed by atoms with Crippen LogP contribution in [-0.2, 0) is 11.8 Å². The van der Waals surface area contributed by atoms with Crippen molar-refractivity contribution in [2.24, 2.45) is 0 Å². The number of ether oxygens (including phenoxy) is 1. The molecule has 0 aliphatic rings. The molecule has 0 bridgehead atoms. The van der Waals surface area contributed by atoms with Gasteiger partial charge in [0.25, 0.3) is 0 Å². The molecule has 0 N–H and O–H groups in total. The first-order valence-electron chi connectivity index (χ1n) is 10.4. The lowest BCUT2D eigenvalue weighted by Crippen LogP contribution is -2.19. The van der Waals surface area contributed by atoms with Crippen LogP contribution in [0, 0.1) is 18.2 Å². The summed E-state index contributed by atoms with van der Waals surface area (Å²) in [4.78, 5) is 1.68. The third-order valence-electron chi connectivity index (χ3n) is 5.29. The van der Waals surface area contributed by atoms with Crippen LogP contribution in [0.25, 0.3) is 0 Å². The summed E-state index contributed by atoms with van der Waals surface area (Å²) in [7, 11) is 0. The fourth-order valence-electron chi connectivity index (χ4n) is 3.42. The Morgan fingerprint density at radius 1 is 1.10 bits per heavy atom. The van der Waals surface area contributed by atoms with Crippen molar-refractivity contribution >= 4 is 11.8 Å². The molecular formula is C28H27FOS. The van der Waals surface area contributed by atoms with Gasteiger partial charge in [-0.05, 0) is 73.7 Å². The van der Waals surface area contributed by atoms with Gasteiger partial charge in [0.1, 0.15) is 18.2 Å². The lowest BCUT2D eigenvalue weighted by atomic mass is 9.78. The number of halogens is 1. The molecule has 3 heteroatoms. The van der Waals surface area contributed by atoms with Gasteiger partial charge in [0, 0.05) is 9.79 Å². The molecule has 0 heterocycles. The highest BCUT2D eigenvalue weighted by Gasteiger charge is 2.23. The van der Waals surface area contributed by atoms with E-state index in [9.17, 15) is 4.39 Å². The van der Waals surface area contributed by atoms with Crippen molar-refractivity contribution in [3.63, 3.8) is 0 Å². The molecule has 0 amide bonds. The van der Waals surface area contributed by atoms with E-state index in [0.29, 0.717) is 11.5 Å². The number of hydrogen-bond donors (Lipinski definition) is 0. The highest BCUT2D eigenvalue weighted by atomic mass is 32.2. The summed E-state index contributed by atoms with van der Waals surface area (Å²) >= 11 is 1.45. The molecule has 1 nitrogen and oxygen atoms in total. The van der Waals surface area contributed by atoms with Gasteiger partial charge < -0.3 is 4.74 Å². The molecule has 0 aliphatic carbocycles. The van der Waals surface area contributed by atoms with Crippen molar-refractivity contribution in [1.29, 1.82) is 0 Å². The molecule has 158 valence electrons. The SMILES string of the molecule is C#CC(C)(CCCc1ccc(F)c(Sc2ccccc2)c1)c1ccc(OCC=C)cc1. The van der Waals surface area contributed by atoms with Crippen molar-refractivity contribution in [1.82, 2.24) is 0 Å². The van der Waals surface area contributed by atoms with E-state index in [1.807, 2.05) is 66.7 Å². The molecular weight excluding hydrogens is 403 g/mol. The van der Waals surface area contributed by atoms with Crippen LogP contribution in [-0.4, -0.2) is 6.61 Å². The first-order valence-corrected chi connectivity index (χ1v) is 11.2. The van der Waals surface area contributed by atoms with Gasteiger partial charge in [0.05, 0.1) is 5.41 Å². The number of rotatable bonds is 10. The minimum Gasteiger partial charge on any atom is -0.490 e. The van der Waals surface area contributed by atoms with Crippen LogP contribution < -0.4 is 4.74 Å². The van der Waals surface area contributed by atoms with E-state index < -0.39 is 0 Å². The second-order valence-corrected chi connectivity index (χ2v) is 8.75. The first kappa shape index (κ1) is 22.7. The zero-order chi connectivity index (χ0) is 22.1. The number of aryl methyl sites for hydroxylation is 1. The molecule has 3 rings (SSSR count). The Bertz CT molecular complexity index is 1040. The molecule has 0 saturated heterocycles. The molecule has 0 saturated carbocycles. The summed E-state index contributed by atoms with van der Waals surface area (Å²) in [6.45, 7) is 6.23. The predicted molar refractivity (Wildman–Crippen MR) is 128 cm³/mol.